The number of aliphatic hydroxyl groups excluding tert-OH is 1. The maximum atomic E-state index is 10.5. The van der Waals surface area contributed by atoms with Crippen LogP contribution >= 0.6 is 0 Å². The predicted molar refractivity (Wildman–Crippen MR) is 91.2 cm³/mol. The van der Waals surface area contributed by atoms with E-state index in [0.717, 1.165) is 17.7 Å². The van der Waals surface area contributed by atoms with Gasteiger partial charge in [-0.2, -0.15) is 0 Å². The van der Waals surface area contributed by atoms with Crippen LogP contribution in [-0.2, 0) is 12.8 Å². The molecular formula is C21H24O2. The molecule has 1 aromatic rings. The van der Waals surface area contributed by atoms with Crippen LogP contribution in [0.1, 0.15) is 55.2 Å². The Kier molecular flexibility index (Phi) is 3.16. The van der Waals surface area contributed by atoms with Crippen molar-refractivity contribution < 1.29 is 9.84 Å². The van der Waals surface area contributed by atoms with E-state index >= 15 is 0 Å². The molecular weight excluding hydrogens is 284 g/mol. The molecule has 1 unspecified atom stereocenters. The van der Waals surface area contributed by atoms with E-state index in [1.165, 1.54) is 67.2 Å². The fourth-order valence-corrected chi connectivity index (χ4v) is 5.21. The fourth-order valence-electron chi connectivity index (χ4n) is 5.21. The fraction of sp³-hybridized carbons (Fsp3) is 0.524. The smallest absolute Gasteiger partial charge is 0.224 e. The summed E-state index contributed by atoms with van der Waals surface area (Å²) in [6.45, 7) is 0. The van der Waals surface area contributed by atoms with E-state index in [2.05, 4.69) is 24.3 Å². The molecule has 0 radical (unpaired) electrons. The van der Waals surface area contributed by atoms with Gasteiger partial charge in [-0.05, 0) is 73.1 Å². The lowest BCUT2D eigenvalue weighted by Gasteiger charge is -2.41. The number of aryl methyl sites for hydroxylation is 1. The molecule has 1 fully saturated rings. The molecule has 0 saturated heterocycles. The molecule has 1 aromatic carbocycles. The van der Waals surface area contributed by atoms with E-state index in [1.54, 1.807) is 0 Å². The number of hydrogen-bond acceptors (Lipinski definition) is 2. The van der Waals surface area contributed by atoms with Gasteiger partial charge in [-0.1, -0.05) is 31.1 Å². The second-order valence-electron chi connectivity index (χ2n) is 7.54. The SMILES string of the molecule is OC1Oc2ccc3c(c2C2=C1C=C[C@H]1CCCC[C@@H]21)CCCC3. The normalized spacial score (nSPS) is 31.6. The van der Waals surface area contributed by atoms with Crippen molar-refractivity contribution in [2.75, 3.05) is 0 Å². The predicted octanol–water partition coefficient (Wildman–Crippen LogP) is 4.41. The van der Waals surface area contributed by atoms with Crippen LogP contribution in [-0.4, -0.2) is 11.4 Å². The van der Waals surface area contributed by atoms with E-state index in [1.807, 2.05) is 0 Å². The Balaban J connectivity index is 1.73. The van der Waals surface area contributed by atoms with Gasteiger partial charge >= 0.3 is 0 Å². The van der Waals surface area contributed by atoms with Crippen molar-refractivity contribution in [3.63, 3.8) is 0 Å². The topological polar surface area (TPSA) is 29.5 Å². The number of fused-ring (bicyclic) bond motifs is 6. The minimum atomic E-state index is -0.793. The number of ether oxygens (including phenoxy) is 1. The molecule has 0 bridgehead atoms. The summed E-state index contributed by atoms with van der Waals surface area (Å²) in [5.74, 6) is 2.14. The lowest BCUT2D eigenvalue weighted by atomic mass is 9.67. The molecule has 5 rings (SSSR count). The minimum absolute atomic E-state index is 0.578. The van der Waals surface area contributed by atoms with Crippen LogP contribution in [0, 0.1) is 11.8 Å². The molecule has 3 atom stereocenters. The molecule has 1 heterocycles. The molecule has 2 heteroatoms. The number of aliphatic hydroxyl groups is 1. The van der Waals surface area contributed by atoms with E-state index < -0.39 is 6.29 Å². The third-order valence-corrected chi connectivity index (χ3v) is 6.29. The maximum absolute atomic E-state index is 10.5. The highest BCUT2D eigenvalue weighted by Crippen LogP contribution is 2.51. The van der Waals surface area contributed by atoms with Gasteiger partial charge in [0.1, 0.15) is 5.75 Å². The van der Waals surface area contributed by atoms with E-state index in [4.69, 9.17) is 4.74 Å². The Morgan fingerprint density at radius 3 is 2.83 bits per heavy atom. The first-order valence-corrected chi connectivity index (χ1v) is 9.25. The van der Waals surface area contributed by atoms with Crippen molar-refractivity contribution in [2.45, 2.75) is 57.7 Å². The Bertz CT molecular complexity index is 713. The molecule has 120 valence electrons. The van der Waals surface area contributed by atoms with Gasteiger partial charge in [0.25, 0.3) is 0 Å². The summed E-state index contributed by atoms with van der Waals surface area (Å²) >= 11 is 0. The van der Waals surface area contributed by atoms with Crippen molar-refractivity contribution in [1.82, 2.24) is 0 Å². The Hall–Kier alpha value is -1.54. The Morgan fingerprint density at radius 2 is 1.87 bits per heavy atom. The highest BCUT2D eigenvalue weighted by Gasteiger charge is 2.39. The standard InChI is InChI=1S/C21H24O2/c22-21-17-11-9-13-5-1-3-7-15(13)19(17)20-16-8-4-2-6-14(16)10-12-18(20)23-21/h9-13,15,21-22H,1-8H2/t13-,15-,21?/m1/s1. The van der Waals surface area contributed by atoms with Gasteiger partial charge in [0.15, 0.2) is 0 Å². The first kappa shape index (κ1) is 13.9. The minimum Gasteiger partial charge on any atom is -0.460 e. The van der Waals surface area contributed by atoms with Crippen LogP contribution in [0.15, 0.2) is 29.9 Å². The van der Waals surface area contributed by atoms with Gasteiger partial charge in [0.2, 0.25) is 6.29 Å². The van der Waals surface area contributed by atoms with Gasteiger partial charge < -0.3 is 9.84 Å². The third-order valence-electron chi connectivity index (χ3n) is 6.29. The molecule has 1 saturated carbocycles. The second kappa shape index (κ2) is 5.24. The van der Waals surface area contributed by atoms with Crippen LogP contribution in [0.5, 0.6) is 5.75 Å². The molecule has 4 aliphatic rings. The summed E-state index contributed by atoms with van der Waals surface area (Å²) in [5.41, 5.74) is 6.81. The lowest BCUT2D eigenvalue weighted by Crippen LogP contribution is -2.32. The zero-order valence-corrected chi connectivity index (χ0v) is 13.6. The van der Waals surface area contributed by atoms with Crippen molar-refractivity contribution in [3.8, 4) is 5.75 Å². The van der Waals surface area contributed by atoms with Gasteiger partial charge in [-0.25, -0.2) is 0 Å². The van der Waals surface area contributed by atoms with Crippen molar-refractivity contribution in [3.05, 3.63) is 46.5 Å². The molecule has 2 nitrogen and oxygen atoms in total. The summed E-state index contributed by atoms with van der Waals surface area (Å²) in [5, 5.41) is 10.5. The number of allylic oxidation sites excluding steroid dienone is 2. The van der Waals surface area contributed by atoms with Crippen LogP contribution < -0.4 is 4.74 Å². The van der Waals surface area contributed by atoms with Crippen LogP contribution in [0.2, 0.25) is 0 Å². The summed E-state index contributed by atoms with van der Waals surface area (Å²) in [4.78, 5) is 0. The molecule has 1 aliphatic heterocycles. The van der Waals surface area contributed by atoms with Gasteiger partial charge in [0.05, 0.1) is 0 Å². The van der Waals surface area contributed by atoms with Crippen LogP contribution in [0.25, 0.3) is 5.57 Å². The number of hydrogen-bond donors (Lipinski definition) is 1. The second-order valence-corrected chi connectivity index (χ2v) is 7.54. The zero-order chi connectivity index (χ0) is 15.4. The summed E-state index contributed by atoms with van der Waals surface area (Å²) in [6.07, 6.45) is 13.8. The Labute approximate surface area is 137 Å². The van der Waals surface area contributed by atoms with Crippen molar-refractivity contribution in [2.24, 2.45) is 11.8 Å². The van der Waals surface area contributed by atoms with Crippen molar-refractivity contribution in [1.29, 1.82) is 0 Å². The number of rotatable bonds is 0. The first-order chi connectivity index (χ1) is 11.3. The van der Waals surface area contributed by atoms with Crippen LogP contribution in [0.4, 0.5) is 0 Å². The maximum Gasteiger partial charge on any atom is 0.224 e. The van der Waals surface area contributed by atoms with Gasteiger partial charge in [0, 0.05) is 11.1 Å². The van der Waals surface area contributed by atoms with Crippen molar-refractivity contribution >= 4 is 5.57 Å². The Morgan fingerprint density at radius 1 is 1.00 bits per heavy atom. The number of benzene rings is 1. The zero-order valence-electron chi connectivity index (χ0n) is 13.6. The molecule has 0 amide bonds. The van der Waals surface area contributed by atoms with E-state index in [-0.39, 0.29) is 0 Å². The summed E-state index contributed by atoms with van der Waals surface area (Å²) in [6, 6.07) is 4.32. The average molecular weight is 308 g/mol. The molecule has 1 N–H and O–H groups in total. The average Bonchev–Trinajstić information content (AvgIpc) is 2.61. The quantitative estimate of drug-likeness (QED) is 0.769. The molecule has 3 aliphatic carbocycles. The largest absolute Gasteiger partial charge is 0.460 e. The van der Waals surface area contributed by atoms with E-state index in [0.29, 0.717) is 11.8 Å². The highest BCUT2D eigenvalue weighted by atomic mass is 16.6. The highest BCUT2D eigenvalue weighted by molar-refractivity contribution is 5.82. The molecule has 0 spiro atoms. The summed E-state index contributed by atoms with van der Waals surface area (Å²) in [7, 11) is 0. The summed E-state index contributed by atoms with van der Waals surface area (Å²) < 4.78 is 5.89. The van der Waals surface area contributed by atoms with Gasteiger partial charge in [-0.3, -0.25) is 0 Å². The van der Waals surface area contributed by atoms with Crippen LogP contribution in [0.3, 0.4) is 0 Å². The molecule has 23 heavy (non-hydrogen) atoms. The third kappa shape index (κ3) is 2.04. The molecule has 0 aromatic heterocycles. The van der Waals surface area contributed by atoms with Gasteiger partial charge in [-0.15, -0.1) is 0 Å². The van der Waals surface area contributed by atoms with E-state index in [9.17, 15) is 5.11 Å². The lowest BCUT2D eigenvalue weighted by molar-refractivity contribution is 0.0135. The monoisotopic (exact) mass is 308 g/mol. The first-order valence-electron chi connectivity index (χ1n) is 9.25.